The van der Waals surface area contributed by atoms with Gasteiger partial charge < -0.3 is 0 Å². The van der Waals surface area contributed by atoms with Crippen LogP contribution in [0, 0.1) is 25.5 Å². The summed E-state index contributed by atoms with van der Waals surface area (Å²) in [7, 11) is -3.95. The van der Waals surface area contributed by atoms with E-state index in [1.165, 1.54) is 24.3 Å². The molecular formula is C12H10BrF2NO2S2. The summed E-state index contributed by atoms with van der Waals surface area (Å²) < 4.78 is 54.1. The summed E-state index contributed by atoms with van der Waals surface area (Å²) in [5, 5.41) is 0. The second-order valence-electron chi connectivity index (χ2n) is 4.16. The van der Waals surface area contributed by atoms with E-state index in [0.717, 1.165) is 12.1 Å². The zero-order valence-electron chi connectivity index (χ0n) is 10.5. The van der Waals surface area contributed by atoms with Gasteiger partial charge in [-0.15, -0.1) is 11.3 Å². The van der Waals surface area contributed by atoms with Crippen LogP contribution in [0.2, 0.25) is 0 Å². The van der Waals surface area contributed by atoms with Gasteiger partial charge in [0, 0.05) is 10.9 Å². The van der Waals surface area contributed by atoms with Crippen molar-refractivity contribution in [3.8, 4) is 0 Å². The molecule has 0 aliphatic carbocycles. The fourth-order valence-electron chi connectivity index (χ4n) is 1.62. The van der Waals surface area contributed by atoms with Crippen molar-refractivity contribution in [1.29, 1.82) is 0 Å². The maximum absolute atomic E-state index is 13.7. The number of hydrogen-bond donors (Lipinski definition) is 1. The summed E-state index contributed by atoms with van der Waals surface area (Å²) in [5.41, 5.74) is -0.297. The predicted octanol–water partition coefficient (Wildman–Crippen LogP) is 4.21. The van der Waals surface area contributed by atoms with Crippen LogP contribution in [0.25, 0.3) is 0 Å². The second-order valence-corrected chi connectivity index (χ2v) is 8.44. The molecule has 0 spiro atoms. The molecule has 0 saturated heterocycles. The molecule has 3 nitrogen and oxygen atoms in total. The molecule has 0 aliphatic rings. The van der Waals surface area contributed by atoms with Crippen molar-refractivity contribution in [2.24, 2.45) is 0 Å². The van der Waals surface area contributed by atoms with E-state index in [2.05, 4.69) is 20.7 Å². The summed E-state index contributed by atoms with van der Waals surface area (Å²) in [6.45, 7) is 3.03. The van der Waals surface area contributed by atoms with Crippen molar-refractivity contribution >= 4 is 43.0 Å². The van der Waals surface area contributed by atoms with Gasteiger partial charge in [0.15, 0.2) is 0 Å². The lowest BCUT2D eigenvalue weighted by Gasteiger charge is -2.09. The molecule has 1 aromatic carbocycles. The number of benzene rings is 1. The summed E-state index contributed by atoms with van der Waals surface area (Å²) in [4.78, 5) is 0.590. The highest BCUT2D eigenvalue weighted by Crippen LogP contribution is 2.31. The molecule has 0 fully saturated rings. The Kier molecular flexibility index (Phi) is 4.17. The Morgan fingerprint density at radius 2 is 1.80 bits per heavy atom. The number of thiophene rings is 1. The molecular weight excluding hydrogens is 372 g/mol. The minimum absolute atomic E-state index is 0.0368. The average molecular weight is 382 g/mol. The van der Waals surface area contributed by atoms with Crippen molar-refractivity contribution in [3.63, 3.8) is 0 Å². The van der Waals surface area contributed by atoms with E-state index >= 15 is 0 Å². The fourth-order valence-corrected chi connectivity index (χ4v) is 5.10. The monoisotopic (exact) mass is 381 g/mol. The van der Waals surface area contributed by atoms with Gasteiger partial charge in [0.1, 0.15) is 16.5 Å². The number of anilines is 1. The Labute approximate surface area is 127 Å². The molecule has 8 heteroatoms. The zero-order chi connectivity index (χ0) is 15.1. The van der Waals surface area contributed by atoms with Crippen LogP contribution in [-0.4, -0.2) is 8.42 Å². The molecule has 0 radical (unpaired) electrons. The molecule has 1 aromatic heterocycles. The number of nitrogens with one attached hydrogen (secondary N) is 1. The van der Waals surface area contributed by atoms with Gasteiger partial charge in [-0.05, 0) is 47.5 Å². The smallest absolute Gasteiger partial charge is 0.263 e. The molecule has 2 rings (SSSR count). The highest BCUT2D eigenvalue weighted by Gasteiger charge is 2.21. The quantitative estimate of drug-likeness (QED) is 0.865. The van der Waals surface area contributed by atoms with E-state index in [0.29, 0.717) is 8.66 Å². The lowest BCUT2D eigenvalue weighted by molar-refractivity contribution is 0.590. The van der Waals surface area contributed by atoms with Gasteiger partial charge in [-0.2, -0.15) is 0 Å². The first-order valence-electron chi connectivity index (χ1n) is 5.45. The van der Waals surface area contributed by atoms with Crippen LogP contribution in [0.4, 0.5) is 14.5 Å². The van der Waals surface area contributed by atoms with Gasteiger partial charge in [-0.3, -0.25) is 4.72 Å². The van der Waals surface area contributed by atoms with Crippen molar-refractivity contribution in [2.45, 2.75) is 18.7 Å². The van der Waals surface area contributed by atoms with Crippen LogP contribution in [0.5, 0.6) is 0 Å². The third-order valence-electron chi connectivity index (χ3n) is 2.62. The molecule has 20 heavy (non-hydrogen) atoms. The molecule has 0 amide bonds. The third kappa shape index (κ3) is 3.02. The number of sulfonamides is 1. The highest BCUT2D eigenvalue weighted by molar-refractivity contribution is 9.11. The molecule has 0 atom stereocenters. The summed E-state index contributed by atoms with van der Waals surface area (Å²) in [5.74, 6) is -1.49. The topological polar surface area (TPSA) is 46.2 Å². The first-order chi connectivity index (χ1) is 9.20. The predicted molar refractivity (Wildman–Crippen MR) is 78.7 cm³/mol. The van der Waals surface area contributed by atoms with Crippen LogP contribution in [0.15, 0.2) is 26.9 Å². The first-order valence-corrected chi connectivity index (χ1v) is 8.54. The summed E-state index contributed by atoms with van der Waals surface area (Å²) in [6.07, 6.45) is 0. The van der Waals surface area contributed by atoms with E-state index in [9.17, 15) is 17.2 Å². The Morgan fingerprint density at radius 1 is 1.15 bits per heavy atom. The Bertz CT molecular complexity index is 772. The van der Waals surface area contributed by atoms with Gasteiger partial charge >= 0.3 is 0 Å². The molecule has 108 valence electrons. The third-order valence-corrected chi connectivity index (χ3v) is 5.80. The SMILES string of the molecule is Cc1cc(F)c(NS(=O)(=O)c2cc(Br)sc2C)cc1F. The van der Waals surface area contributed by atoms with E-state index in [1.54, 1.807) is 6.92 Å². The van der Waals surface area contributed by atoms with Gasteiger partial charge in [0.2, 0.25) is 0 Å². The minimum Gasteiger partial charge on any atom is -0.277 e. The van der Waals surface area contributed by atoms with E-state index < -0.39 is 27.3 Å². The second kappa shape index (κ2) is 5.42. The maximum Gasteiger partial charge on any atom is 0.263 e. The molecule has 0 bridgehead atoms. The molecule has 1 heterocycles. The van der Waals surface area contributed by atoms with E-state index in [-0.39, 0.29) is 10.5 Å². The van der Waals surface area contributed by atoms with Crippen LogP contribution in [0.1, 0.15) is 10.4 Å². The molecule has 0 aliphatic heterocycles. The zero-order valence-corrected chi connectivity index (χ0v) is 13.7. The molecule has 1 N–H and O–H groups in total. The first kappa shape index (κ1) is 15.4. The van der Waals surface area contributed by atoms with Gasteiger partial charge in [0.05, 0.1) is 9.47 Å². The van der Waals surface area contributed by atoms with Crippen molar-refractivity contribution in [2.75, 3.05) is 4.72 Å². The molecule has 0 unspecified atom stereocenters. The number of hydrogen-bond acceptors (Lipinski definition) is 3. The Balaban J connectivity index is 2.43. The van der Waals surface area contributed by atoms with Crippen molar-refractivity contribution in [3.05, 3.63) is 44.1 Å². The lowest BCUT2D eigenvalue weighted by Crippen LogP contribution is -2.14. The van der Waals surface area contributed by atoms with Crippen LogP contribution in [-0.2, 0) is 10.0 Å². The maximum atomic E-state index is 13.7. The number of halogens is 3. The van der Waals surface area contributed by atoms with Gasteiger partial charge in [-0.25, -0.2) is 17.2 Å². The normalized spacial score (nSPS) is 11.7. The lowest BCUT2D eigenvalue weighted by atomic mass is 10.2. The summed E-state index contributed by atoms with van der Waals surface area (Å²) >= 11 is 4.43. The van der Waals surface area contributed by atoms with E-state index in [4.69, 9.17) is 0 Å². The fraction of sp³-hybridized carbons (Fsp3) is 0.167. The van der Waals surface area contributed by atoms with Gasteiger partial charge in [-0.1, -0.05) is 0 Å². The average Bonchev–Trinajstić information content (AvgIpc) is 2.66. The van der Waals surface area contributed by atoms with Crippen LogP contribution in [0.3, 0.4) is 0 Å². The largest absolute Gasteiger partial charge is 0.277 e. The number of rotatable bonds is 3. The molecule has 2 aromatic rings. The van der Waals surface area contributed by atoms with Gasteiger partial charge in [0.25, 0.3) is 10.0 Å². The summed E-state index contributed by atoms with van der Waals surface area (Å²) in [6, 6.07) is 3.20. The number of aryl methyl sites for hydroxylation is 2. The van der Waals surface area contributed by atoms with Crippen LogP contribution < -0.4 is 4.72 Å². The Hall–Kier alpha value is -0.990. The standard InChI is InChI=1S/C12H10BrF2NO2S2/c1-6-3-9(15)10(4-8(6)14)16-20(17,18)11-5-12(13)19-7(11)2/h3-5,16H,1-2H3. The van der Waals surface area contributed by atoms with Crippen LogP contribution >= 0.6 is 27.3 Å². The minimum atomic E-state index is -3.95. The van der Waals surface area contributed by atoms with Crippen molar-refractivity contribution in [1.82, 2.24) is 0 Å². The van der Waals surface area contributed by atoms with E-state index in [1.807, 2.05) is 0 Å². The Morgan fingerprint density at radius 3 is 2.35 bits per heavy atom. The molecule has 0 saturated carbocycles. The van der Waals surface area contributed by atoms with Crippen molar-refractivity contribution < 1.29 is 17.2 Å². The highest BCUT2D eigenvalue weighted by atomic mass is 79.9.